The highest BCUT2D eigenvalue weighted by Gasteiger charge is 2.15. The summed E-state index contributed by atoms with van der Waals surface area (Å²) in [6, 6.07) is 26.4. The quantitative estimate of drug-likeness (QED) is 0.160. The minimum atomic E-state index is -0.591. The van der Waals surface area contributed by atoms with Crippen molar-refractivity contribution in [3.8, 4) is 23.3 Å². The van der Waals surface area contributed by atoms with Crippen molar-refractivity contribution >= 4 is 34.4 Å². The van der Waals surface area contributed by atoms with Gasteiger partial charge in [-0.05, 0) is 59.5 Å². The first-order valence-electron chi connectivity index (χ1n) is 11.0. The number of fused-ring (bicyclic) bond motifs is 1. The Morgan fingerprint density at radius 1 is 0.861 bits per heavy atom. The molecule has 1 N–H and O–H groups in total. The highest BCUT2D eigenvalue weighted by Crippen LogP contribution is 2.30. The van der Waals surface area contributed by atoms with Crippen molar-refractivity contribution in [2.24, 2.45) is 0 Å². The number of esters is 1. The number of nitrogens with zero attached hydrogens (tertiary/aromatic N) is 1. The molecule has 36 heavy (non-hydrogen) atoms. The van der Waals surface area contributed by atoms with Crippen LogP contribution in [0.2, 0.25) is 0 Å². The first kappa shape index (κ1) is 24.0. The van der Waals surface area contributed by atoms with Crippen molar-refractivity contribution in [3.63, 3.8) is 0 Å². The Morgan fingerprint density at radius 2 is 1.61 bits per heavy atom. The number of carbonyl (C=O) groups excluding carboxylic acids is 2. The zero-order valence-electron chi connectivity index (χ0n) is 19.6. The van der Waals surface area contributed by atoms with Crippen molar-refractivity contribution in [2.75, 3.05) is 19.5 Å². The van der Waals surface area contributed by atoms with E-state index < -0.39 is 11.9 Å². The highest BCUT2D eigenvalue weighted by atomic mass is 16.6. The third-order valence-electron chi connectivity index (χ3n) is 5.43. The molecule has 7 nitrogen and oxygen atoms in total. The van der Waals surface area contributed by atoms with Gasteiger partial charge in [-0.15, -0.1) is 0 Å². The van der Waals surface area contributed by atoms with Crippen LogP contribution in [0.25, 0.3) is 16.8 Å². The minimum absolute atomic E-state index is 0.111. The lowest BCUT2D eigenvalue weighted by atomic mass is 10.1. The van der Waals surface area contributed by atoms with E-state index in [1.807, 2.05) is 42.5 Å². The number of carbonyl (C=O) groups is 2. The monoisotopic (exact) mass is 478 g/mol. The number of anilines is 1. The molecular weight excluding hydrogens is 456 g/mol. The zero-order valence-corrected chi connectivity index (χ0v) is 19.6. The van der Waals surface area contributed by atoms with E-state index in [2.05, 4.69) is 5.32 Å². The fraction of sp³-hybridized carbons (Fsp3) is 0.0690. The average molecular weight is 479 g/mol. The molecule has 0 atom stereocenters. The Morgan fingerprint density at radius 3 is 2.33 bits per heavy atom. The lowest BCUT2D eigenvalue weighted by molar-refractivity contribution is -0.112. The number of methoxy groups -OCH3 is 2. The molecule has 0 aliphatic rings. The molecule has 0 unspecified atom stereocenters. The summed E-state index contributed by atoms with van der Waals surface area (Å²) in [6.45, 7) is 0. The van der Waals surface area contributed by atoms with Crippen LogP contribution in [0.4, 0.5) is 5.69 Å². The fourth-order valence-corrected chi connectivity index (χ4v) is 3.59. The predicted octanol–water partition coefficient (Wildman–Crippen LogP) is 5.62. The van der Waals surface area contributed by atoms with E-state index >= 15 is 0 Å². The number of hydrogen-bond acceptors (Lipinski definition) is 6. The molecule has 0 saturated heterocycles. The second-order valence-electron chi connectivity index (χ2n) is 7.68. The maximum atomic E-state index is 12.9. The standard InChI is InChI=1S/C29H22N2O5/c1-34-23-13-11-21(12-14-23)29(33)36-27-17-19(10-15-26(27)35-2)16-22(18-30)28(32)31-25-9-5-7-20-6-3-4-8-24(20)25/h3-17H,1-2H3,(H,31,32)/b22-16+. The van der Waals surface area contributed by atoms with Gasteiger partial charge in [-0.1, -0.05) is 42.5 Å². The SMILES string of the molecule is COc1ccc(C(=O)Oc2cc(/C=C(\C#N)C(=O)Nc3cccc4ccccc34)ccc2OC)cc1. The zero-order chi connectivity index (χ0) is 25.5. The van der Waals surface area contributed by atoms with E-state index in [1.54, 1.807) is 42.5 Å². The molecule has 0 aliphatic heterocycles. The Kier molecular flexibility index (Phi) is 7.28. The summed E-state index contributed by atoms with van der Waals surface area (Å²) in [4.78, 5) is 25.5. The van der Waals surface area contributed by atoms with Gasteiger partial charge in [-0.2, -0.15) is 5.26 Å². The molecule has 4 aromatic carbocycles. The topological polar surface area (TPSA) is 97.7 Å². The van der Waals surface area contributed by atoms with Crippen LogP contribution >= 0.6 is 0 Å². The highest BCUT2D eigenvalue weighted by molar-refractivity contribution is 6.13. The molecule has 1 amide bonds. The summed E-state index contributed by atoms with van der Waals surface area (Å²) >= 11 is 0. The first-order valence-corrected chi connectivity index (χ1v) is 11.0. The van der Waals surface area contributed by atoms with E-state index in [1.165, 1.54) is 26.4 Å². The molecule has 7 heteroatoms. The average Bonchev–Trinajstić information content (AvgIpc) is 2.92. The van der Waals surface area contributed by atoms with Crippen molar-refractivity contribution in [3.05, 3.63) is 102 Å². The maximum Gasteiger partial charge on any atom is 0.343 e. The number of amides is 1. The smallest absolute Gasteiger partial charge is 0.343 e. The lowest BCUT2D eigenvalue weighted by Gasteiger charge is -2.11. The second kappa shape index (κ2) is 10.9. The summed E-state index contributed by atoms with van der Waals surface area (Å²) in [7, 11) is 2.99. The molecule has 178 valence electrons. The van der Waals surface area contributed by atoms with E-state index in [4.69, 9.17) is 14.2 Å². The molecular formula is C29H22N2O5. The number of nitriles is 1. The van der Waals surface area contributed by atoms with Crippen LogP contribution in [-0.2, 0) is 4.79 Å². The molecule has 0 spiro atoms. The minimum Gasteiger partial charge on any atom is -0.497 e. The summed E-state index contributed by atoms with van der Waals surface area (Å²) in [6.07, 6.45) is 1.42. The van der Waals surface area contributed by atoms with E-state index in [0.717, 1.165) is 10.8 Å². The third kappa shape index (κ3) is 5.34. The number of rotatable bonds is 7. The van der Waals surface area contributed by atoms with Crippen molar-refractivity contribution in [2.45, 2.75) is 0 Å². The van der Waals surface area contributed by atoms with Crippen LogP contribution in [0.5, 0.6) is 17.2 Å². The number of benzene rings is 4. The molecule has 4 aromatic rings. The molecule has 0 aromatic heterocycles. The number of ether oxygens (including phenoxy) is 3. The van der Waals surface area contributed by atoms with Gasteiger partial charge in [0.1, 0.15) is 17.4 Å². The van der Waals surface area contributed by atoms with E-state index in [0.29, 0.717) is 28.3 Å². The van der Waals surface area contributed by atoms with Gasteiger partial charge >= 0.3 is 5.97 Å². The van der Waals surface area contributed by atoms with Crippen molar-refractivity contribution < 1.29 is 23.8 Å². The van der Waals surface area contributed by atoms with Gasteiger partial charge in [0.25, 0.3) is 5.91 Å². The Labute approximate surface area is 208 Å². The molecule has 0 heterocycles. The van der Waals surface area contributed by atoms with Crippen molar-refractivity contribution in [1.82, 2.24) is 0 Å². The summed E-state index contributed by atoms with van der Waals surface area (Å²) in [5, 5.41) is 14.3. The van der Waals surface area contributed by atoms with Crippen LogP contribution in [-0.4, -0.2) is 26.1 Å². The molecule has 4 rings (SSSR count). The molecule has 0 saturated carbocycles. The number of hydrogen-bond donors (Lipinski definition) is 1. The van der Waals surface area contributed by atoms with Gasteiger partial charge in [-0.25, -0.2) is 4.79 Å². The normalized spacial score (nSPS) is 10.9. The predicted molar refractivity (Wildman–Crippen MR) is 137 cm³/mol. The largest absolute Gasteiger partial charge is 0.497 e. The summed E-state index contributed by atoms with van der Waals surface area (Å²) in [5.74, 6) is -0.0543. The van der Waals surface area contributed by atoms with Crippen LogP contribution in [0.1, 0.15) is 15.9 Å². The maximum absolute atomic E-state index is 12.9. The van der Waals surface area contributed by atoms with Gasteiger partial charge in [-0.3, -0.25) is 4.79 Å². The van der Waals surface area contributed by atoms with Crippen LogP contribution < -0.4 is 19.5 Å². The van der Waals surface area contributed by atoms with Crippen LogP contribution in [0, 0.1) is 11.3 Å². The van der Waals surface area contributed by atoms with Gasteiger partial charge in [0.15, 0.2) is 11.5 Å². The van der Waals surface area contributed by atoms with Gasteiger partial charge in [0.2, 0.25) is 0 Å². The van der Waals surface area contributed by atoms with Gasteiger partial charge < -0.3 is 19.5 Å². The Balaban J connectivity index is 1.58. The van der Waals surface area contributed by atoms with Crippen LogP contribution in [0.3, 0.4) is 0 Å². The third-order valence-corrected chi connectivity index (χ3v) is 5.43. The lowest BCUT2D eigenvalue weighted by Crippen LogP contribution is -2.13. The second-order valence-corrected chi connectivity index (χ2v) is 7.68. The van der Waals surface area contributed by atoms with Crippen molar-refractivity contribution in [1.29, 1.82) is 5.26 Å². The van der Waals surface area contributed by atoms with Gasteiger partial charge in [0.05, 0.1) is 19.8 Å². The first-order chi connectivity index (χ1) is 17.5. The Bertz CT molecular complexity index is 1500. The fourth-order valence-electron chi connectivity index (χ4n) is 3.59. The molecule has 0 bridgehead atoms. The van der Waals surface area contributed by atoms with Crippen LogP contribution in [0.15, 0.2) is 90.5 Å². The summed E-state index contributed by atoms with van der Waals surface area (Å²) < 4.78 is 16.0. The summed E-state index contributed by atoms with van der Waals surface area (Å²) in [5.41, 5.74) is 1.30. The molecule has 0 radical (unpaired) electrons. The van der Waals surface area contributed by atoms with E-state index in [-0.39, 0.29) is 11.3 Å². The number of nitrogens with one attached hydrogen (secondary N) is 1. The van der Waals surface area contributed by atoms with Gasteiger partial charge in [0, 0.05) is 11.1 Å². The Hall–Kier alpha value is -5.09. The molecule has 0 fully saturated rings. The molecule has 0 aliphatic carbocycles. The van der Waals surface area contributed by atoms with E-state index in [9.17, 15) is 14.9 Å².